The van der Waals surface area contributed by atoms with E-state index in [9.17, 15) is 4.79 Å². The first-order chi connectivity index (χ1) is 6.31. The average Bonchev–Trinajstić information content (AvgIpc) is 2.49. The van der Waals surface area contributed by atoms with Crippen LogP contribution in [0.4, 0.5) is 0 Å². The van der Waals surface area contributed by atoms with Crippen molar-refractivity contribution in [2.45, 2.75) is 12.2 Å². The lowest BCUT2D eigenvalue weighted by Gasteiger charge is -2.10. The van der Waals surface area contributed by atoms with Crippen molar-refractivity contribution >= 4 is 35.0 Å². The lowest BCUT2D eigenvalue weighted by Crippen LogP contribution is -2.39. The van der Waals surface area contributed by atoms with Crippen molar-refractivity contribution in [1.29, 1.82) is 0 Å². The molecule has 0 aromatic rings. The number of fused-ring (bicyclic) bond motifs is 1. The Hall–Kier alpha value is -1.17. The van der Waals surface area contributed by atoms with Crippen LogP contribution in [0, 0.1) is 0 Å². The quantitative estimate of drug-likeness (QED) is 0.643. The summed E-state index contributed by atoms with van der Waals surface area (Å²) in [5.74, 6) is 0.487. The summed E-state index contributed by atoms with van der Waals surface area (Å²) in [6.07, 6.45) is 1.37. The fourth-order valence-electron chi connectivity index (χ4n) is 1.05. The molecule has 0 saturated heterocycles. The maximum atomic E-state index is 11.3. The zero-order valence-electron chi connectivity index (χ0n) is 7.02. The van der Waals surface area contributed by atoms with Crippen LogP contribution >= 0.6 is 11.8 Å². The van der Waals surface area contributed by atoms with Gasteiger partial charge < -0.3 is 5.32 Å². The summed E-state index contributed by atoms with van der Waals surface area (Å²) in [6.45, 7) is 2.61. The highest BCUT2D eigenvalue weighted by molar-refractivity contribution is 8.16. The molecule has 0 bridgehead atoms. The number of aliphatic imine (C=N–C) groups is 3. The van der Waals surface area contributed by atoms with Crippen molar-refractivity contribution in [2.24, 2.45) is 15.0 Å². The number of carbonyl (C=O) groups is 1. The van der Waals surface area contributed by atoms with Crippen LogP contribution in [0.2, 0.25) is 0 Å². The summed E-state index contributed by atoms with van der Waals surface area (Å²) in [5, 5.41) is 2.88. The Morgan fingerprint density at radius 1 is 1.77 bits per heavy atom. The number of hydrogen-bond donors (Lipinski definition) is 1. The van der Waals surface area contributed by atoms with E-state index in [-0.39, 0.29) is 11.2 Å². The number of nitrogens with zero attached hydrogens (tertiary/aromatic N) is 3. The largest absolute Gasteiger partial charge is 0.315 e. The van der Waals surface area contributed by atoms with E-state index in [1.807, 2.05) is 6.92 Å². The van der Waals surface area contributed by atoms with E-state index >= 15 is 0 Å². The van der Waals surface area contributed by atoms with E-state index in [0.717, 1.165) is 0 Å². The van der Waals surface area contributed by atoms with Crippen LogP contribution in [0.5, 0.6) is 0 Å². The number of amidine groups is 2. The number of amides is 1. The Morgan fingerprint density at radius 3 is 3.31 bits per heavy atom. The van der Waals surface area contributed by atoms with Gasteiger partial charge in [0.05, 0.1) is 6.34 Å². The summed E-state index contributed by atoms with van der Waals surface area (Å²) in [5.41, 5.74) is 0. The van der Waals surface area contributed by atoms with E-state index in [1.54, 1.807) is 0 Å². The summed E-state index contributed by atoms with van der Waals surface area (Å²) in [4.78, 5) is 23.5. The molecule has 1 N–H and O–H groups in total. The molecule has 1 amide bonds. The highest BCUT2D eigenvalue weighted by atomic mass is 32.2. The molecule has 0 aromatic carbocycles. The molecular weight excluding hydrogens is 188 g/mol. The number of carbonyl (C=O) groups excluding carboxylic acids is 1. The molecule has 0 aromatic heterocycles. The maximum absolute atomic E-state index is 11.3. The van der Waals surface area contributed by atoms with Crippen LogP contribution in [0.15, 0.2) is 15.0 Å². The summed E-state index contributed by atoms with van der Waals surface area (Å²) in [7, 11) is 0. The van der Waals surface area contributed by atoms with Crippen molar-refractivity contribution in [3.8, 4) is 0 Å². The molecule has 2 aliphatic heterocycles. The minimum atomic E-state index is -0.296. The van der Waals surface area contributed by atoms with Crippen LogP contribution in [0.3, 0.4) is 0 Å². The van der Waals surface area contributed by atoms with Crippen LogP contribution in [0.25, 0.3) is 0 Å². The minimum Gasteiger partial charge on any atom is -0.315 e. The molecule has 0 fully saturated rings. The van der Waals surface area contributed by atoms with E-state index in [0.29, 0.717) is 17.5 Å². The minimum absolute atomic E-state index is 0.0694. The van der Waals surface area contributed by atoms with E-state index in [1.165, 1.54) is 18.1 Å². The predicted octanol–water partition coefficient (Wildman–Crippen LogP) is 0.0343. The first kappa shape index (κ1) is 8.43. The SMILES string of the molecule is CCN=C1N=C2N=CNC(=O)C2S1. The predicted molar refractivity (Wildman–Crippen MR) is 53.4 cm³/mol. The van der Waals surface area contributed by atoms with Gasteiger partial charge in [-0.3, -0.25) is 9.79 Å². The average molecular weight is 196 g/mol. The molecule has 0 radical (unpaired) electrons. The van der Waals surface area contributed by atoms with Gasteiger partial charge in [-0.05, 0) is 6.92 Å². The molecule has 0 aliphatic carbocycles. The zero-order valence-corrected chi connectivity index (χ0v) is 7.84. The molecule has 5 nitrogen and oxygen atoms in total. The van der Waals surface area contributed by atoms with Crippen LogP contribution in [-0.4, -0.2) is 35.0 Å². The van der Waals surface area contributed by atoms with Crippen molar-refractivity contribution in [3.63, 3.8) is 0 Å². The summed E-state index contributed by atoms with van der Waals surface area (Å²) >= 11 is 1.35. The highest BCUT2D eigenvalue weighted by Crippen LogP contribution is 2.25. The summed E-state index contributed by atoms with van der Waals surface area (Å²) in [6, 6.07) is 0. The topological polar surface area (TPSA) is 66.2 Å². The Balaban J connectivity index is 2.26. The molecule has 2 aliphatic rings. The Kier molecular flexibility index (Phi) is 2.13. The van der Waals surface area contributed by atoms with Crippen LogP contribution in [0.1, 0.15) is 6.92 Å². The molecular formula is C7H8N4OS. The van der Waals surface area contributed by atoms with Gasteiger partial charge in [0.1, 0.15) is 0 Å². The third kappa shape index (κ3) is 1.49. The monoisotopic (exact) mass is 196 g/mol. The van der Waals surface area contributed by atoms with Gasteiger partial charge in [0.15, 0.2) is 16.3 Å². The number of rotatable bonds is 1. The zero-order chi connectivity index (χ0) is 9.26. The highest BCUT2D eigenvalue weighted by Gasteiger charge is 2.34. The Labute approximate surface area is 79.4 Å². The van der Waals surface area contributed by atoms with Gasteiger partial charge in [-0.2, -0.15) is 0 Å². The van der Waals surface area contributed by atoms with Gasteiger partial charge >= 0.3 is 0 Å². The molecule has 6 heteroatoms. The normalized spacial score (nSPS) is 28.7. The van der Waals surface area contributed by atoms with Crippen LogP contribution < -0.4 is 5.32 Å². The van der Waals surface area contributed by atoms with Gasteiger partial charge in [0, 0.05) is 6.54 Å². The smallest absolute Gasteiger partial charge is 0.246 e. The summed E-state index contributed by atoms with van der Waals surface area (Å²) < 4.78 is 0. The van der Waals surface area contributed by atoms with Crippen molar-refractivity contribution in [3.05, 3.63) is 0 Å². The second-order valence-corrected chi connectivity index (χ2v) is 3.56. The van der Waals surface area contributed by atoms with Gasteiger partial charge in [0.25, 0.3) is 0 Å². The number of hydrogen-bond acceptors (Lipinski definition) is 4. The van der Waals surface area contributed by atoms with Gasteiger partial charge in [-0.25, -0.2) is 9.98 Å². The van der Waals surface area contributed by atoms with E-state index in [2.05, 4.69) is 20.3 Å². The van der Waals surface area contributed by atoms with Crippen molar-refractivity contribution < 1.29 is 4.79 Å². The molecule has 0 spiro atoms. The first-order valence-corrected chi connectivity index (χ1v) is 4.82. The molecule has 1 atom stereocenters. The van der Waals surface area contributed by atoms with Gasteiger partial charge in [0.2, 0.25) is 5.91 Å². The molecule has 2 heterocycles. The standard InChI is InChI=1S/C7H8N4OS/c1-2-8-7-11-5-4(13-7)6(12)10-3-9-5/h3-4H,2H2,1H3,(H,8,9,10,11,12). The van der Waals surface area contributed by atoms with Crippen molar-refractivity contribution in [1.82, 2.24) is 5.32 Å². The molecule has 13 heavy (non-hydrogen) atoms. The molecule has 0 saturated carbocycles. The number of nitrogens with one attached hydrogen (secondary N) is 1. The molecule has 2 rings (SSSR count). The van der Waals surface area contributed by atoms with Crippen LogP contribution in [-0.2, 0) is 4.79 Å². The van der Waals surface area contributed by atoms with Crippen molar-refractivity contribution in [2.75, 3.05) is 6.54 Å². The maximum Gasteiger partial charge on any atom is 0.246 e. The first-order valence-electron chi connectivity index (χ1n) is 3.94. The second kappa shape index (κ2) is 3.29. The fraction of sp³-hybridized carbons (Fsp3) is 0.429. The number of thioether (sulfide) groups is 1. The molecule has 1 unspecified atom stereocenters. The third-order valence-electron chi connectivity index (χ3n) is 1.60. The van der Waals surface area contributed by atoms with E-state index < -0.39 is 0 Å². The lowest BCUT2D eigenvalue weighted by molar-refractivity contribution is -0.118. The fourth-order valence-corrected chi connectivity index (χ4v) is 2.01. The second-order valence-electron chi connectivity index (χ2n) is 2.49. The van der Waals surface area contributed by atoms with Gasteiger partial charge in [-0.15, -0.1) is 0 Å². The van der Waals surface area contributed by atoms with E-state index in [4.69, 9.17) is 0 Å². The Bertz CT molecular complexity index is 333. The lowest BCUT2D eigenvalue weighted by atomic mass is 10.3. The third-order valence-corrected chi connectivity index (χ3v) is 2.69. The molecule has 68 valence electrons. The Morgan fingerprint density at radius 2 is 2.62 bits per heavy atom. The van der Waals surface area contributed by atoms with Gasteiger partial charge in [-0.1, -0.05) is 11.8 Å².